The second-order valence-electron chi connectivity index (χ2n) is 6.86. The Hall–Kier alpha value is -2.51. The number of pyridine rings is 1. The summed E-state index contributed by atoms with van der Waals surface area (Å²) < 4.78 is 1.05. The maximum Gasteiger partial charge on any atom is 0.225 e. The molecule has 0 radical (unpaired) electrons. The van der Waals surface area contributed by atoms with E-state index in [0.29, 0.717) is 18.3 Å². The molecule has 0 saturated heterocycles. The van der Waals surface area contributed by atoms with Gasteiger partial charge < -0.3 is 15.7 Å². The molecular formula is C21H24BrN5O. The molecule has 28 heavy (non-hydrogen) atoms. The van der Waals surface area contributed by atoms with Crippen LogP contribution in [0.3, 0.4) is 0 Å². The number of aliphatic hydroxyl groups is 1. The van der Waals surface area contributed by atoms with Crippen LogP contribution in [0.15, 0.2) is 59.3 Å². The zero-order valence-electron chi connectivity index (χ0n) is 15.9. The molecule has 0 amide bonds. The minimum Gasteiger partial charge on any atom is -0.394 e. The molecule has 3 N–H and O–H groups in total. The molecule has 7 heteroatoms. The summed E-state index contributed by atoms with van der Waals surface area (Å²) in [5, 5.41) is 16.3. The smallest absolute Gasteiger partial charge is 0.225 e. The Balaban J connectivity index is 1.87. The lowest BCUT2D eigenvalue weighted by molar-refractivity contribution is 0.248. The fourth-order valence-corrected chi connectivity index (χ4v) is 2.92. The Labute approximate surface area is 173 Å². The number of halogens is 1. The number of nitrogens with one attached hydrogen (secondary N) is 2. The van der Waals surface area contributed by atoms with Crippen LogP contribution in [-0.4, -0.2) is 32.7 Å². The minimum atomic E-state index is -0.119. The van der Waals surface area contributed by atoms with Crippen molar-refractivity contribution in [3.63, 3.8) is 0 Å². The van der Waals surface area contributed by atoms with E-state index in [2.05, 4.69) is 53.6 Å². The number of anilines is 2. The molecule has 3 rings (SSSR count). The Bertz CT molecular complexity index is 887. The van der Waals surface area contributed by atoms with Crippen LogP contribution in [0.4, 0.5) is 11.8 Å². The SMILES string of the molecule is CC(C)[C@H](CO)Nc1nc(NCc2ccc(Br)cc2)cc(-c2ccncc2)n1. The van der Waals surface area contributed by atoms with Crippen molar-refractivity contribution in [2.75, 3.05) is 17.2 Å². The lowest BCUT2D eigenvalue weighted by Gasteiger charge is -2.20. The topological polar surface area (TPSA) is 83.0 Å². The van der Waals surface area contributed by atoms with Crippen LogP contribution in [0.2, 0.25) is 0 Å². The van der Waals surface area contributed by atoms with Gasteiger partial charge in [0, 0.05) is 35.0 Å². The van der Waals surface area contributed by atoms with Gasteiger partial charge in [0.05, 0.1) is 18.3 Å². The van der Waals surface area contributed by atoms with Gasteiger partial charge in [-0.2, -0.15) is 4.98 Å². The highest BCUT2D eigenvalue weighted by Crippen LogP contribution is 2.22. The molecule has 0 aliphatic carbocycles. The van der Waals surface area contributed by atoms with Crippen LogP contribution in [-0.2, 0) is 6.54 Å². The van der Waals surface area contributed by atoms with Crippen LogP contribution >= 0.6 is 15.9 Å². The number of aromatic nitrogens is 3. The third-order valence-electron chi connectivity index (χ3n) is 4.41. The summed E-state index contributed by atoms with van der Waals surface area (Å²) in [5.41, 5.74) is 2.90. The summed E-state index contributed by atoms with van der Waals surface area (Å²) in [6.45, 7) is 4.76. The molecule has 0 saturated carbocycles. The molecular weight excluding hydrogens is 418 g/mol. The van der Waals surface area contributed by atoms with E-state index >= 15 is 0 Å². The molecule has 2 aromatic heterocycles. The second kappa shape index (κ2) is 9.61. The molecule has 0 aliphatic heterocycles. The fraction of sp³-hybridized carbons (Fsp3) is 0.286. The van der Waals surface area contributed by atoms with Gasteiger partial charge in [-0.15, -0.1) is 0 Å². The first kappa shape index (κ1) is 20.2. The predicted octanol–water partition coefficient (Wildman–Crippen LogP) is 4.34. The first-order chi connectivity index (χ1) is 13.5. The van der Waals surface area contributed by atoms with Gasteiger partial charge in [-0.05, 0) is 35.7 Å². The molecule has 0 aliphatic rings. The van der Waals surface area contributed by atoms with Crippen LogP contribution in [0.5, 0.6) is 0 Å². The van der Waals surface area contributed by atoms with Crippen molar-refractivity contribution in [2.45, 2.75) is 26.4 Å². The summed E-state index contributed by atoms with van der Waals surface area (Å²) in [4.78, 5) is 13.3. The molecule has 0 unspecified atom stereocenters. The maximum atomic E-state index is 9.64. The first-order valence-corrected chi connectivity index (χ1v) is 9.99. The van der Waals surface area contributed by atoms with Crippen LogP contribution < -0.4 is 10.6 Å². The quantitative estimate of drug-likeness (QED) is 0.482. The third-order valence-corrected chi connectivity index (χ3v) is 4.93. The minimum absolute atomic E-state index is 0.0160. The summed E-state index contributed by atoms with van der Waals surface area (Å²) >= 11 is 3.45. The first-order valence-electron chi connectivity index (χ1n) is 9.20. The number of nitrogens with zero attached hydrogens (tertiary/aromatic N) is 3. The third kappa shape index (κ3) is 5.50. The molecule has 0 fully saturated rings. The van der Waals surface area contributed by atoms with Gasteiger partial charge in [-0.25, -0.2) is 4.98 Å². The number of hydrogen-bond donors (Lipinski definition) is 3. The summed E-state index contributed by atoms with van der Waals surface area (Å²) in [7, 11) is 0. The zero-order chi connectivity index (χ0) is 19.9. The van der Waals surface area contributed by atoms with E-state index in [9.17, 15) is 5.11 Å². The highest BCUT2D eigenvalue weighted by atomic mass is 79.9. The van der Waals surface area contributed by atoms with E-state index in [4.69, 9.17) is 0 Å². The van der Waals surface area contributed by atoms with E-state index in [1.54, 1.807) is 12.4 Å². The summed E-state index contributed by atoms with van der Waals surface area (Å²) in [5.74, 6) is 1.45. The van der Waals surface area contributed by atoms with Crippen LogP contribution in [0, 0.1) is 5.92 Å². The Morgan fingerprint density at radius 3 is 2.39 bits per heavy atom. The monoisotopic (exact) mass is 441 g/mol. The van der Waals surface area contributed by atoms with Crippen molar-refractivity contribution < 1.29 is 5.11 Å². The number of rotatable bonds is 8. The van der Waals surface area contributed by atoms with Crippen molar-refractivity contribution in [1.82, 2.24) is 15.0 Å². The largest absolute Gasteiger partial charge is 0.394 e. The molecule has 3 aromatic rings. The molecule has 2 heterocycles. The van der Waals surface area contributed by atoms with E-state index in [1.165, 1.54) is 0 Å². The normalized spacial score (nSPS) is 12.0. The number of hydrogen-bond acceptors (Lipinski definition) is 6. The summed E-state index contributed by atoms with van der Waals surface area (Å²) in [6.07, 6.45) is 3.48. The van der Waals surface area contributed by atoms with Gasteiger partial charge in [0.25, 0.3) is 0 Å². The Morgan fingerprint density at radius 2 is 1.75 bits per heavy atom. The van der Waals surface area contributed by atoms with Gasteiger partial charge in [-0.3, -0.25) is 4.98 Å². The van der Waals surface area contributed by atoms with Gasteiger partial charge in [-0.1, -0.05) is 41.9 Å². The number of aliphatic hydroxyl groups excluding tert-OH is 1. The zero-order valence-corrected chi connectivity index (χ0v) is 17.5. The lowest BCUT2D eigenvalue weighted by atomic mass is 10.1. The second-order valence-corrected chi connectivity index (χ2v) is 7.77. The molecule has 1 atom stereocenters. The predicted molar refractivity (Wildman–Crippen MR) is 116 cm³/mol. The van der Waals surface area contributed by atoms with Gasteiger partial charge in [0.1, 0.15) is 5.82 Å². The average Bonchev–Trinajstić information content (AvgIpc) is 2.72. The summed E-state index contributed by atoms with van der Waals surface area (Å²) in [6, 6.07) is 13.8. The van der Waals surface area contributed by atoms with Crippen molar-refractivity contribution in [1.29, 1.82) is 0 Å². The van der Waals surface area contributed by atoms with E-state index in [0.717, 1.165) is 21.3 Å². The molecule has 146 valence electrons. The Kier molecular flexibility index (Phi) is 6.95. The van der Waals surface area contributed by atoms with E-state index in [1.807, 2.05) is 44.2 Å². The Morgan fingerprint density at radius 1 is 1.04 bits per heavy atom. The lowest BCUT2D eigenvalue weighted by Crippen LogP contribution is -2.30. The molecule has 6 nitrogen and oxygen atoms in total. The van der Waals surface area contributed by atoms with Crippen molar-refractivity contribution in [3.8, 4) is 11.3 Å². The van der Waals surface area contributed by atoms with Crippen LogP contribution in [0.1, 0.15) is 19.4 Å². The van der Waals surface area contributed by atoms with Crippen molar-refractivity contribution in [2.24, 2.45) is 5.92 Å². The highest BCUT2D eigenvalue weighted by Gasteiger charge is 2.15. The van der Waals surface area contributed by atoms with Crippen molar-refractivity contribution >= 4 is 27.7 Å². The van der Waals surface area contributed by atoms with Crippen molar-refractivity contribution in [3.05, 3.63) is 64.9 Å². The van der Waals surface area contributed by atoms with Gasteiger partial charge in [0.2, 0.25) is 5.95 Å². The standard InChI is InChI=1S/C21H24BrN5O/c1-14(2)19(13-28)26-21-25-18(16-7-9-23-10-8-16)11-20(27-21)24-12-15-3-5-17(22)6-4-15/h3-11,14,19,28H,12-13H2,1-2H3,(H2,24,25,26,27)/t19-/m0/s1. The van der Waals surface area contributed by atoms with Crippen LogP contribution in [0.25, 0.3) is 11.3 Å². The van der Waals surface area contributed by atoms with Gasteiger partial charge >= 0.3 is 0 Å². The number of benzene rings is 1. The molecule has 1 aromatic carbocycles. The average molecular weight is 442 g/mol. The molecule has 0 spiro atoms. The highest BCUT2D eigenvalue weighted by molar-refractivity contribution is 9.10. The maximum absolute atomic E-state index is 9.64. The fourth-order valence-electron chi connectivity index (χ4n) is 2.66. The van der Waals surface area contributed by atoms with E-state index in [-0.39, 0.29) is 18.6 Å². The van der Waals surface area contributed by atoms with Gasteiger partial charge in [0.15, 0.2) is 0 Å². The van der Waals surface area contributed by atoms with E-state index < -0.39 is 0 Å². The molecule has 0 bridgehead atoms.